The van der Waals surface area contributed by atoms with Crippen LogP contribution in [0.2, 0.25) is 0 Å². The van der Waals surface area contributed by atoms with E-state index in [-0.39, 0.29) is 5.56 Å². The van der Waals surface area contributed by atoms with Crippen molar-refractivity contribution in [2.75, 3.05) is 11.9 Å². The molecule has 2 rings (SSSR count). The molecule has 0 spiro atoms. The second-order valence-corrected chi connectivity index (χ2v) is 4.65. The van der Waals surface area contributed by atoms with Crippen LogP contribution in [-0.4, -0.2) is 27.8 Å². The van der Waals surface area contributed by atoms with E-state index in [0.29, 0.717) is 17.7 Å². The Morgan fingerprint density at radius 1 is 1.59 bits per heavy atom. The molecule has 1 aliphatic rings. The van der Waals surface area contributed by atoms with Gasteiger partial charge in [-0.25, -0.2) is 4.79 Å². The Bertz CT molecular complexity index is 408. The Hall–Kier alpha value is -1.65. The number of rotatable bonds is 4. The van der Waals surface area contributed by atoms with E-state index >= 15 is 0 Å². The third-order valence-corrected chi connectivity index (χ3v) is 3.52. The number of anilines is 1. The van der Waals surface area contributed by atoms with Crippen molar-refractivity contribution >= 4 is 11.8 Å². The van der Waals surface area contributed by atoms with E-state index < -0.39 is 5.97 Å². The molecule has 1 saturated carbocycles. The molecule has 0 radical (unpaired) electrons. The summed E-state index contributed by atoms with van der Waals surface area (Å²) in [5.74, 6) is 0.715. The predicted molar refractivity (Wildman–Crippen MR) is 64.0 cm³/mol. The molecular weight excluding hydrogens is 218 g/mol. The van der Waals surface area contributed by atoms with Gasteiger partial charge in [0.25, 0.3) is 0 Å². The summed E-state index contributed by atoms with van der Waals surface area (Å²) in [5.41, 5.74) is 0.186. The lowest BCUT2D eigenvalue weighted by Gasteiger charge is -2.16. The first-order valence-electron chi connectivity index (χ1n) is 5.97. The molecule has 0 saturated heterocycles. The van der Waals surface area contributed by atoms with Crippen LogP contribution in [0, 0.1) is 11.8 Å². The maximum absolute atomic E-state index is 11.0. The minimum atomic E-state index is -0.970. The minimum Gasteiger partial charge on any atom is -0.478 e. The van der Waals surface area contributed by atoms with Crippen molar-refractivity contribution < 1.29 is 9.90 Å². The van der Waals surface area contributed by atoms with Gasteiger partial charge in [0.05, 0.1) is 6.20 Å². The third kappa shape index (κ3) is 2.72. The number of carboxylic acids is 1. The van der Waals surface area contributed by atoms with Crippen molar-refractivity contribution in [3.05, 3.63) is 17.8 Å². The third-order valence-electron chi connectivity index (χ3n) is 3.52. The quantitative estimate of drug-likeness (QED) is 0.835. The SMILES string of the molecule is CC1CCCC1CNc1nnccc1C(=O)O. The second-order valence-electron chi connectivity index (χ2n) is 4.65. The zero-order chi connectivity index (χ0) is 12.3. The molecule has 5 heteroatoms. The van der Waals surface area contributed by atoms with Crippen molar-refractivity contribution in [2.24, 2.45) is 11.8 Å². The zero-order valence-electron chi connectivity index (χ0n) is 9.89. The molecule has 5 nitrogen and oxygen atoms in total. The topological polar surface area (TPSA) is 75.1 Å². The van der Waals surface area contributed by atoms with Crippen LogP contribution in [0.1, 0.15) is 36.5 Å². The van der Waals surface area contributed by atoms with Crippen LogP contribution in [0.4, 0.5) is 5.82 Å². The number of carboxylic acid groups (broad SMARTS) is 1. The van der Waals surface area contributed by atoms with Gasteiger partial charge in [-0.3, -0.25) is 0 Å². The number of hydrogen-bond acceptors (Lipinski definition) is 4. The van der Waals surface area contributed by atoms with Gasteiger partial charge in [-0.2, -0.15) is 5.10 Å². The first-order chi connectivity index (χ1) is 8.18. The van der Waals surface area contributed by atoms with E-state index in [1.165, 1.54) is 31.5 Å². The van der Waals surface area contributed by atoms with Gasteiger partial charge in [-0.05, 0) is 24.3 Å². The molecular formula is C12H17N3O2. The van der Waals surface area contributed by atoms with E-state index in [1.54, 1.807) is 0 Å². The highest BCUT2D eigenvalue weighted by Crippen LogP contribution is 2.31. The first-order valence-corrected chi connectivity index (χ1v) is 5.97. The average Bonchev–Trinajstić information content (AvgIpc) is 2.72. The van der Waals surface area contributed by atoms with Gasteiger partial charge in [0.15, 0.2) is 5.82 Å². The summed E-state index contributed by atoms with van der Waals surface area (Å²) in [6, 6.07) is 1.47. The molecule has 1 aromatic heterocycles. The van der Waals surface area contributed by atoms with Gasteiger partial charge in [-0.1, -0.05) is 19.8 Å². The Morgan fingerprint density at radius 2 is 2.41 bits per heavy atom. The number of hydrogen-bond donors (Lipinski definition) is 2. The monoisotopic (exact) mass is 235 g/mol. The summed E-state index contributed by atoms with van der Waals surface area (Å²) in [7, 11) is 0. The molecule has 1 heterocycles. The number of nitrogens with zero attached hydrogens (tertiary/aromatic N) is 2. The Kier molecular flexibility index (Phi) is 3.56. The highest BCUT2D eigenvalue weighted by Gasteiger charge is 2.23. The van der Waals surface area contributed by atoms with Crippen molar-refractivity contribution in [2.45, 2.75) is 26.2 Å². The van der Waals surface area contributed by atoms with E-state index in [1.807, 2.05) is 0 Å². The minimum absolute atomic E-state index is 0.186. The van der Waals surface area contributed by atoms with Crippen LogP contribution >= 0.6 is 0 Å². The van der Waals surface area contributed by atoms with E-state index in [0.717, 1.165) is 6.54 Å². The summed E-state index contributed by atoms with van der Waals surface area (Å²) in [5, 5.41) is 19.7. The smallest absolute Gasteiger partial charge is 0.339 e. The molecule has 0 bridgehead atoms. The van der Waals surface area contributed by atoms with Crippen molar-refractivity contribution in [3.63, 3.8) is 0 Å². The maximum atomic E-state index is 11.0. The van der Waals surface area contributed by atoms with Crippen LogP contribution < -0.4 is 5.32 Å². The van der Waals surface area contributed by atoms with Gasteiger partial charge in [-0.15, -0.1) is 5.10 Å². The van der Waals surface area contributed by atoms with Gasteiger partial charge >= 0.3 is 5.97 Å². The molecule has 2 unspecified atom stereocenters. The fourth-order valence-corrected chi connectivity index (χ4v) is 2.39. The molecule has 0 aliphatic heterocycles. The maximum Gasteiger partial charge on any atom is 0.339 e. The summed E-state index contributed by atoms with van der Waals surface area (Å²) in [6.45, 7) is 3.02. The lowest BCUT2D eigenvalue weighted by atomic mass is 9.98. The van der Waals surface area contributed by atoms with Crippen LogP contribution in [0.3, 0.4) is 0 Å². The molecule has 92 valence electrons. The largest absolute Gasteiger partial charge is 0.478 e. The Morgan fingerprint density at radius 3 is 3.06 bits per heavy atom. The average molecular weight is 235 g/mol. The number of carbonyl (C=O) groups is 1. The van der Waals surface area contributed by atoms with Crippen LogP contribution in [0.5, 0.6) is 0 Å². The van der Waals surface area contributed by atoms with Gasteiger partial charge < -0.3 is 10.4 Å². The first kappa shape index (κ1) is 11.8. The van der Waals surface area contributed by atoms with E-state index in [2.05, 4.69) is 22.4 Å². The molecule has 1 aromatic rings. The van der Waals surface area contributed by atoms with E-state index in [9.17, 15) is 4.79 Å². The second kappa shape index (κ2) is 5.12. The number of nitrogens with one attached hydrogen (secondary N) is 1. The van der Waals surface area contributed by atoms with Crippen molar-refractivity contribution in [1.82, 2.24) is 10.2 Å². The normalized spacial score (nSPS) is 23.6. The number of aromatic nitrogens is 2. The highest BCUT2D eigenvalue weighted by molar-refractivity contribution is 5.92. The Balaban J connectivity index is 2.01. The van der Waals surface area contributed by atoms with Gasteiger partial charge in [0.1, 0.15) is 5.56 Å². The van der Waals surface area contributed by atoms with Crippen LogP contribution in [-0.2, 0) is 0 Å². The lowest BCUT2D eigenvalue weighted by Crippen LogP contribution is -2.19. The van der Waals surface area contributed by atoms with Crippen LogP contribution in [0.15, 0.2) is 12.3 Å². The summed E-state index contributed by atoms with van der Waals surface area (Å²) in [4.78, 5) is 11.0. The zero-order valence-corrected chi connectivity index (χ0v) is 9.89. The lowest BCUT2D eigenvalue weighted by molar-refractivity contribution is 0.0697. The predicted octanol–water partition coefficient (Wildman–Crippen LogP) is 2.02. The summed E-state index contributed by atoms with van der Waals surface area (Å²) in [6.07, 6.45) is 5.13. The summed E-state index contributed by atoms with van der Waals surface area (Å²) < 4.78 is 0. The molecule has 0 amide bonds. The molecule has 2 atom stereocenters. The van der Waals surface area contributed by atoms with Crippen LogP contribution in [0.25, 0.3) is 0 Å². The van der Waals surface area contributed by atoms with Crippen molar-refractivity contribution in [3.8, 4) is 0 Å². The highest BCUT2D eigenvalue weighted by atomic mass is 16.4. The van der Waals surface area contributed by atoms with Gasteiger partial charge in [0.2, 0.25) is 0 Å². The molecule has 1 fully saturated rings. The van der Waals surface area contributed by atoms with Gasteiger partial charge in [0, 0.05) is 6.54 Å². The fraction of sp³-hybridized carbons (Fsp3) is 0.583. The standard InChI is InChI=1S/C12H17N3O2/c1-8-3-2-4-9(8)7-13-11-10(12(16)17)5-6-14-15-11/h5-6,8-9H,2-4,7H2,1H3,(H,13,15)(H,16,17). The molecule has 0 aromatic carbocycles. The Labute approximate surface area is 100 Å². The molecule has 17 heavy (non-hydrogen) atoms. The molecule has 2 N–H and O–H groups in total. The van der Waals surface area contributed by atoms with E-state index in [4.69, 9.17) is 5.11 Å². The summed E-state index contributed by atoms with van der Waals surface area (Å²) >= 11 is 0. The fourth-order valence-electron chi connectivity index (χ4n) is 2.39. The van der Waals surface area contributed by atoms with Crippen molar-refractivity contribution in [1.29, 1.82) is 0 Å². The molecule has 1 aliphatic carbocycles. The number of aromatic carboxylic acids is 1.